The second-order valence-corrected chi connectivity index (χ2v) is 11.1. The van der Waals surface area contributed by atoms with Crippen molar-refractivity contribution in [1.29, 1.82) is 0 Å². The molecule has 214 valence electrons. The Morgan fingerprint density at radius 1 is 1.05 bits per heavy atom. The van der Waals surface area contributed by atoms with Crippen molar-refractivity contribution in [2.24, 2.45) is 0 Å². The van der Waals surface area contributed by atoms with Gasteiger partial charge in [0.1, 0.15) is 11.0 Å². The van der Waals surface area contributed by atoms with Crippen LogP contribution in [0.15, 0.2) is 64.9 Å². The third-order valence-corrected chi connectivity index (χ3v) is 9.14. The summed E-state index contributed by atoms with van der Waals surface area (Å²) in [5.74, 6) is 0. The molecule has 0 bridgehead atoms. The van der Waals surface area contributed by atoms with E-state index in [9.17, 15) is 22.5 Å². The van der Waals surface area contributed by atoms with Crippen LogP contribution < -0.4 is 10.2 Å². The average Bonchev–Trinajstić information content (AvgIpc) is 2.94. The van der Waals surface area contributed by atoms with Gasteiger partial charge in [0.2, 0.25) is 0 Å². The maximum Gasteiger partial charge on any atom is 0.421 e. The van der Waals surface area contributed by atoms with Crippen LogP contribution in [0.4, 0.5) is 18.9 Å². The molecule has 0 radical (unpaired) electrons. The number of alkyl halides is 3. The molecule has 5 nitrogen and oxygen atoms in total. The highest BCUT2D eigenvalue weighted by Crippen LogP contribution is 2.39. The molecule has 10 heteroatoms. The number of thioether (sulfide) groups is 1. The molecule has 2 N–H and O–H groups in total. The molecule has 1 aliphatic heterocycles. The van der Waals surface area contributed by atoms with E-state index >= 15 is 0 Å². The maximum atomic E-state index is 12.9. The number of nitrogens with one attached hydrogen (secondary N) is 1. The summed E-state index contributed by atoms with van der Waals surface area (Å²) < 4.78 is 53.9. The minimum Gasteiger partial charge on any atom is -0.376 e. The van der Waals surface area contributed by atoms with E-state index in [1.807, 2.05) is 55.4 Å². The summed E-state index contributed by atoms with van der Waals surface area (Å²) >= 11 is 1.46. The van der Waals surface area contributed by atoms with Crippen LogP contribution in [0.5, 0.6) is 0 Å². The lowest BCUT2D eigenvalue weighted by Crippen LogP contribution is -2.47. The van der Waals surface area contributed by atoms with E-state index in [2.05, 4.69) is 36.5 Å². The van der Waals surface area contributed by atoms with E-state index in [1.165, 1.54) is 29.5 Å². The number of hydrogen-bond donors (Lipinski definition) is 2. The van der Waals surface area contributed by atoms with Crippen molar-refractivity contribution in [2.75, 3.05) is 44.4 Å². The van der Waals surface area contributed by atoms with Gasteiger partial charge in [0, 0.05) is 37.9 Å². The number of piperazine rings is 1. The summed E-state index contributed by atoms with van der Waals surface area (Å²) in [6.07, 6.45) is -0.995. The molecule has 0 aromatic heterocycles. The summed E-state index contributed by atoms with van der Waals surface area (Å²) in [6.45, 7) is 11.2. The molecule has 1 heterocycles. The van der Waals surface area contributed by atoms with Crippen molar-refractivity contribution >= 4 is 28.4 Å². The predicted octanol–water partition coefficient (Wildman–Crippen LogP) is 6.46. The van der Waals surface area contributed by atoms with Gasteiger partial charge in [-0.05, 0) is 57.3 Å². The highest BCUT2D eigenvalue weighted by Gasteiger charge is 2.51. The molecule has 2 aromatic rings. The van der Waals surface area contributed by atoms with Crippen molar-refractivity contribution < 1.29 is 22.5 Å². The fraction of sp³-hybridized carbons (Fsp3) is 0.500. The Hall–Kier alpha value is -1.85. The first-order valence-electron chi connectivity index (χ1n) is 12.7. The van der Waals surface area contributed by atoms with Crippen molar-refractivity contribution in [3.05, 3.63) is 76.0 Å². The first-order chi connectivity index (χ1) is 18.0. The third-order valence-electron chi connectivity index (χ3n) is 6.16. The Bertz CT molecular complexity index is 993. The fourth-order valence-corrected chi connectivity index (χ4v) is 5.67. The lowest BCUT2D eigenvalue weighted by Gasteiger charge is -2.35. The highest BCUT2D eigenvalue weighted by atomic mass is 32.2. The van der Waals surface area contributed by atoms with E-state index in [0.717, 1.165) is 16.8 Å². The summed E-state index contributed by atoms with van der Waals surface area (Å²) in [5, 5.41) is 12.9. The number of anilines is 1. The second kappa shape index (κ2) is 16.3. The van der Waals surface area contributed by atoms with Gasteiger partial charge in [0.05, 0.1) is 4.24 Å². The SMILES string of the molecule is C/C=C(\SC)S(=O)N1CCN(c2ccc(C(C)(O)C(F)(F)F)cc2)CC1.CC.CNC(C)c1ccccc1. The van der Waals surface area contributed by atoms with Crippen molar-refractivity contribution in [1.82, 2.24) is 9.62 Å². The third kappa shape index (κ3) is 9.41. The van der Waals surface area contributed by atoms with E-state index in [1.54, 1.807) is 12.1 Å². The van der Waals surface area contributed by atoms with Crippen LogP contribution in [-0.2, 0) is 16.6 Å². The summed E-state index contributed by atoms with van der Waals surface area (Å²) in [4.78, 5) is 2.04. The zero-order valence-corrected chi connectivity index (χ0v) is 25.0. The topological polar surface area (TPSA) is 55.8 Å². The quantitative estimate of drug-likeness (QED) is 0.398. The van der Waals surface area contributed by atoms with E-state index in [0.29, 0.717) is 32.2 Å². The van der Waals surface area contributed by atoms with Gasteiger partial charge in [0.15, 0.2) is 5.60 Å². The largest absolute Gasteiger partial charge is 0.421 e. The molecule has 38 heavy (non-hydrogen) atoms. The zero-order valence-electron chi connectivity index (χ0n) is 23.4. The lowest BCUT2D eigenvalue weighted by atomic mass is 9.95. The molecule has 0 saturated carbocycles. The summed E-state index contributed by atoms with van der Waals surface area (Å²) in [7, 11) is 0.802. The maximum absolute atomic E-state index is 12.9. The monoisotopic (exact) mass is 573 g/mol. The number of benzene rings is 2. The number of rotatable bonds is 7. The van der Waals surface area contributed by atoms with Crippen LogP contribution in [-0.4, -0.2) is 59.3 Å². The van der Waals surface area contributed by atoms with Gasteiger partial charge in [-0.2, -0.15) is 13.2 Å². The van der Waals surface area contributed by atoms with E-state index in [4.69, 9.17) is 0 Å². The van der Waals surface area contributed by atoms with E-state index < -0.39 is 22.8 Å². The Balaban J connectivity index is 0.000000501. The molecule has 3 atom stereocenters. The number of hydrogen-bond acceptors (Lipinski definition) is 5. The molecule has 1 fully saturated rings. The minimum absolute atomic E-state index is 0.189. The number of halogens is 3. The molecular formula is C28H42F3N3O2S2. The van der Waals surface area contributed by atoms with Gasteiger partial charge in [-0.15, -0.1) is 11.8 Å². The molecule has 2 aromatic carbocycles. The van der Waals surface area contributed by atoms with Crippen molar-refractivity contribution in [2.45, 2.75) is 52.4 Å². The Kier molecular flexibility index (Phi) is 14.7. The van der Waals surface area contributed by atoms with E-state index in [-0.39, 0.29) is 5.56 Å². The molecule has 1 aliphatic rings. The van der Waals surface area contributed by atoms with Crippen LogP contribution in [0.25, 0.3) is 0 Å². The van der Waals surface area contributed by atoms with Gasteiger partial charge in [0.25, 0.3) is 0 Å². The van der Waals surface area contributed by atoms with Crippen LogP contribution in [0, 0.1) is 0 Å². The molecule has 0 spiro atoms. The second-order valence-electron chi connectivity index (χ2n) is 8.51. The predicted molar refractivity (Wildman–Crippen MR) is 157 cm³/mol. The molecule has 3 unspecified atom stereocenters. The molecule has 0 aliphatic carbocycles. The smallest absolute Gasteiger partial charge is 0.376 e. The zero-order chi connectivity index (χ0) is 28.9. The average molecular weight is 574 g/mol. The van der Waals surface area contributed by atoms with Crippen molar-refractivity contribution in [3.63, 3.8) is 0 Å². The number of aliphatic hydroxyl groups is 1. The fourth-order valence-electron chi connectivity index (χ4n) is 3.60. The molecule has 3 rings (SSSR count). The number of allylic oxidation sites excluding steroid dienone is 1. The van der Waals surface area contributed by atoms with Gasteiger partial charge in [-0.25, -0.2) is 8.51 Å². The Labute approximate surface area is 233 Å². The number of nitrogens with zero attached hydrogens (tertiary/aromatic N) is 2. The van der Waals surface area contributed by atoms with Gasteiger partial charge >= 0.3 is 6.18 Å². The first kappa shape index (κ1) is 34.2. The summed E-state index contributed by atoms with van der Waals surface area (Å²) in [5.41, 5.74) is -0.938. The Morgan fingerprint density at radius 2 is 1.58 bits per heavy atom. The molecule has 1 saturated heterocycles. The van der Waals surface area contributed by atoms with Crippen LogP contribution in [0.1, 0.15) is 51.8 Å². The van der Waals surface area contributed by atoms with Crippen LogP contribution >= 0.6 is 11.8 Å². The van der Waals surface area contributed by atoms with Gasteiger partial charge in [-0.3, -0.25) is 0 Å². The lowest BCUT2D eigenvalue weighted by molar-refractivity contribution is -0.258. The molecule has 0 amide bonds. The van der Waals surface area contributed by atoms with Gasteiger partial charge < -0.3 is 15.3 Å². The molecular weight excluding hydrogens is 531 g/mol. The summed E-state index contributed by atoms with van der Waals surface area (Å²) in [6, 6.07) is 16.6. The minimum atomic E-state index is -4.73. The van der Waals surface area contributed by atoms with Gasteiger partial charge in [-0.1, -0.05) is 62.4 Å². The van der Waals surface area contributed by atoms with Crippen LogP contribution in [0.3, 0.4) is 0 Å². The highest BCUT2D eigenvalue weighted by molar-refractivity contribution is 8.15. The standard InChI is InChI=1S/C17H23F3N2O2S2.C9H13N.C2H6/c1-4-15(25-3)26(24)22-11-9-21(10-12-22)14-7-5-13(6-8-14)16(2,23)17(18,19)20;1-8(10-2)9-6-4-3-5-7-9;1-2/h4-8,23H,9-12H2,1-3H3;3-8,10H,1-2H3;1-2H3/b15-4+;;. The van der Waals surface area contributed by atoms with Crippen molar-refractivity contribution in [3.8, 4) is 0 Å². The first-order valence-corrected chi connectivity index (χ1v) is 15.0. The Morgan fingerprint density at radius 3 is 2.00 bits per heavy atom. The normalized spacial score (nSPS) is 17.8. The van der Waals surface area contributed by atoms with Crippen LogP contribution in [0.2, 0.25) is 0 Å².